The van der Waals surface area contributed by atoms with Crippen LogP contribution in [0.15, 0.2) is 23.7 Å². The standard InChI is InChI=1S/C13H15N3S/c14-10-4-1-2-5-11-9(10)8-15-13(16-11)12-6-3-7-17-12/h3,6-8,10H,1-2,4-5,14H2. The summed E-state index contributed by atoms with van der Waals surface area (Å²) in [5.74, 6) is 0.841. The van der Waals surface area contributed by atoms with Crippen molar-refractivity contribution in [2.75, 3.05) is 0 Å². The van der Waals surface area contributed by atoms with E-state index < -0.39 is 0 Å². The van der Waals surface area contributed by atoms with Crippen LogP contribution < -0.4 is 5.73 Å². The Morgan fingerprint density at radius 1 is 1.35 bits per heavy atom. The minimum Gasteiger partial charge on any atom is -0.324 e. The summed E-state index contributed by atoms with van der Waals surface area (Å²) in [4.78, 5) is 10.3. The average molecular weight is 245 g/mol. The molecule has 4 heteroatoms. The van der Waals surface area contributed by atoms with E-state index in [4.69, 9.17) is 5.73 Å². The Kier molecular flexibility index (Phi) is 2.91. The van der Waals surface area contributed by atoms with Crippen LogP contribution in [0.3, 0.4) is 0 Å². The fraction of sp³-hybridized carbons (Fsp3) is 0.385. The first kappa shape index (κ1) is 10.9. The molecule has 2 N–H and O–H groups in total. The molecule has 2 aromatic rings. The molecule has 0 radical (unpaired) electrons. The minimum absolute atomic E-state index is 0.116. The number of hydrogen-bond donors (Lipinski definition) is 1. The molecule has 2 heterocycles. The van der Waals surface area contributed by atoms with Crippen molar-refractivity contribution in [3.05, 3.63) is 35.0 Å². The monoisotopic (exact) mass is 245 g/mol. The van der Waals surface area contributed by atoms with Gasteiger partial charge in [0.25, 0.3) is 0 Å². The molecule has 0 spiro atoms. The molecule has 2 aromatic heterocycles. The van der Waals surface area contributed by atoms with E-state index in [1.807, 2.05) is 12.3 Å². The predicted molar refractivity (Wildman–Crippen MR) is 69.8 cm³/mol. The minimum atomic E-state index is 0.116. The molecule has 1 aliphatic rings. The fourth-order valence-electron chi connectivity index (χ4n) is 2.27. The lowest BCUT2D eigenvalue weighted by Gasteiger charge is -2.11. The molecule has 0 fully saturated rings. The van der Waals surface area contributed by atoms with E-state index in [9.17, 15) is 0 Å². The van der Waals surface area contributed by atoms with E-state index in [1.165, 1.54) is 12.8 Å². The van der Waals surface area contributed by atoms with Gasteiger partial charge in [0, 0.05) is 23.5 Å². The summed E-state index contributed by atoms with van der Waals surface area (Å²) in [6, 6.07) is 4.20. The van der Waals surface area contributed by atoms with Gasteiger partial charge in [-0.3, -0.25) is 0 Å². The Labute approximate surface area is 105 Å². The van der Waals surface area contributed by atoms with Crippen molar-refractivity contribution < 1.29 is 0 Å². The summed E-state index contributed by atoms with van der Waals surface area (Å²) in [7, 11) is 0. The van der Waals surface area contributed by atoms with Crippen molar-refractivity contribution in [3.8, 4) is 10.7 Å². The number of rotatable bonds is 1. The van der Waals surface area contributed by atoms with Crippen LogP contribution in [0.2, 0.25) is 0 Å². The van der Waals surface area contributed by atoms with Gasteiger partial charge >= 0.3 is 0 Å². The van der Waals surface area contributed by atoms with Gasteiger partial charge in [0.15, 0.2) is 5.82 Å². The van der Waals surface area contributed by atoms with Gasteiger partial charge in [-0.1, -0.05) is 12.5 Å². The molecule has 3 nitrogen and oxygen atoms in total. The molecular weight excluding hydrogens is 230 g/mol. The molecule has 0 aromatic carbocycles. The van der Waals surface area contributed by atoms with Gasteiger partial charge in [-0.05, 0) is 30.7 Å². The quantitative estimate of drug-likeness (QED) is 0.786. The molecule has 1 aliphatic carbocycles. The summed E-state index contributed by atoms with van der Waals surface area (Å²) in [5, 5.41) is 2.05. The fourth-order valence-corrected chi connectivity index (χ4v) is 2.94. The van der Waals surface area contributed by atoms with Crippen molar-refractivity contribution >= 4 is 11.3 Å². The second-order valence-electron chi connectivity index (χ2n) is 4.43. The smallest absolute Gasteiger partial charge is 0.169 e. The van der Waals surface area contributed by atoms with Gasteiger partial charge in [0.1, 0.15) is 0 Å². The summed E-state index contributed by atoms with van der Waals surface area (Å²) < 4.78 is 0. The molecular formula is C13H15N3S. The largest absolute Gasteiger partial charge is 0.324 e. The van der Waals surface area contributed by atoms with Crippen molar-refractivity contribution in [1.82, 2.24) is 9.97 Å². The molecule has 0 bridgehead atoms. The number of aryl methyl sites for hydroxylation is 1. The van der Waals surface area contributed by atoms with E-state index in [2.05, 4.69) is 21.4 Å². The molecule has 0 aliphatic heterocycles. The maximum absolute atomic E-state index is 6.14. The van der Waals surface area contributed by atoms with E-state index in [0.717, 1.165) is 34.8 Å². The van der Waals surface area contributed by atoms with Crippen LogP contribution in [0.1, 0.15) is 36.6 Å². The molecule has 3 rings (SSSR count). The predicted octanol–water partition coefficient (Wildman–Crippen LogP) is 2.93. The number of hydrogen-bond acceptors (Lipinski definition) is 4. The highest BCUT2D eigenvalue weighted by Crippen LogP contribution is 2.28. The lowest BCUT2D eigenvalue weighted by molar-refractivity contribution is 0.614. The van der Waals surface area contributed by atoms with Crippen molar-refractivity contribution in [1.29, 1.82) is 0 Å². The van der Waals surface area contributed by atoms with Gasteiger partial charge < -0.3 is 5.73 Å². The van der Waals surface area contributed by atoms with Crippen LogP contribution >= 0.6 is 11.3 Å². The lowest BCUT2D eigenvalue weighted by atomic mass is 10.1. The van der Waals surface area contributed by atoms with Gasteiger partial charge in [-0.25, -0.2) is 9.97 Å². The lowest BCUT2D eigenvalue weighted by Crippen LogP contribution is -2.12. The maximum atomic E-state index is 6.14. The second-order valence-corrected chi connectivity index (χ2v) is 5.37. The van der Waals surface area contributed by atoms with Crippen LogP contribution in [-0.4, -0.2) is 9.97 Å². The zero-order chi connectivity index (χ0) is 11.7. The highest BCUT2D eigenvalue weighted by atomic mass is 32.1. The zero-order valence-corrected chi connectivity index (χ0v) is 10.4. The summed E-state index contributed by atoms with van der Waals surface area (Å²) >= 11 is 1.68. The van der Waals surface area contributed by atoms with Crippen LogP contribution in [0.4, 0.5) is 0 Å². The van der Waals surface area contributed by atoms with Crippen LogP contribution in [-0.2, 0) is 6.42 Å². The van der Waals surface area contributed by atoms with E-state index >= 15 is 0 Å². The molecule has 0 saturated carbocycles. The van der Waals surface area contributed by atoms with Crippen LogP contribution in [0, 0.1) is 0 Å². The first-order chi connectivity index (χ1) is 8.34. The highest BCUT2D eigenvalue weighted by Gasteiger charge is 2.17. The first-order valence-electron chi connectivity index (χ1n) is 6.00. The first-order valence-corrected chi connectivity index (χ1v) is 6.88. The molecule has 1 unspecified atom stereocenters. The molecule has 0 amide bonds. The Hall–Kier alpha value is -1.26. The van der Waals surface area contributed by atoms with Gasteiger partial charge in [0.05, 0.1) is 4.88 Å². The maximum Gasteiger partial charge on any atom is 0.169 e. The number of fused-ring (bicyclic) bond motifs is 1. The Morgan fingerprint density at radius 2 is 2.29 bits per heavy atom. The van der Waals surface area contributed by atoms with Gasteiger partial charge in [0.2, 0.25) is 0 Å². The molecule has 1 atom stereocenters. The Balaban J connectivity index is 2.03. The normalized spacial score (nSPS) is 19.7. The Morgan fingerprint density at radius 3 is 3.12 bits per heavy atom. The highest BCUT2D eigenvalue weighted by molar-refractivity contribution is 7.13. The third-order valence-electron chi connectivity index (χ3n) is 3.22. The number of nitrogens with zero attached hydrogens (tertiary/aromatic N) is 2. The van der Waals surface area contributed by atoms with E-state index in [0.29, 0.717) is 0 Å². The van der Waals surface area contributed by atoms with Crippen LogP contribution in [0.25, 0.3) is 10.7 Å². The number of aromatic nitrogens is 2. The molecule has 17 heavy (non-hydrogen) atoms. The van der Waals surface area contributed by atoms with Gasteiger partial charge in [-0.2, -0.15) is 0 Å². The SMILES string of the molecule is NC1CCCCc2nc(-c3cccs3)ncc21. The van der Waals surface area contributed by atoms with Crippen LogP contribution in [0.5, 0.6) is 0 Å². The molecule has 88 valence electrons. The third kappa shape index (κ3) is 2.10. The average Bonchev–Trinajstić information content (AvgIpc) is 2.82. The second kappa shape index (κ2) is 4.55. The number of thiophene rings is 1. The van der Waals surface area contributed by atoms with E-state index in [1.54, 1.807) is 11.3 Å². The molecule has 0 saturated heterocycles. The van der Waals surface area contributed by atoms with Crippen molar-refractivity contribution in [2.45, 2.75) is 31.7 Å². The summed E-state index contributed by atoms with van der Waals surface area (Å²) in [5.41, 5.74) is 8.43. The van der Waals surface area contributed by atoms with Gasteiger partial charge in [-0.15, -0.1) is 11.3 Å². The Bertz CT molecular complexity index is 507. The zero-order valence-electron chi connectivity index (χ0n) is 9.60. The summed E-state index contributed by atoms with van der Waals surface area (Å²) in [6.07, 6.45) is 6.37. The summed E-state index contributed by atoms with van der Waals surface area (Å²) in [6.45, 7) is 0. The van der Waals surface area contributed by atoms with Crippen molar-refractivity contribution in [3.63, 3.8) is 0 Å². The topological polar surface area (TPSA) is 51.8 Å². The van der Waals surface area contributed by atoms with Crippen molar-refractivity contribution in [2.24, 2.45) is 5.73 Å². The number of nitrogens with two attached hydrogens (primary N) is 1. The third-order valence-corrected chi connectivity index (χ3v) is 4.09. The van der Waals surface area contributed by atoms with E-state index in [-0.39, 0.29) is 6.04 Å².